The molecule has 4 unspecified atom stereocenters. The monoisotopic (exact) mass is 356 g/mol. The van der Waals surface area contributed by atoms with Crippen molar-refractivity contribution >= 4 is 0 Å². The van der Waals surface area contributed by atoms with Crippen molar-refractivity contribution < 1.29 is 18.9 Å². The average molecular weight is 357 g/mol. The van der Waals surface area contributed by atoms with Gasteiger partial charge in [0.25, 0.3) is 5.97 Å². The van der Waals surface area contributed by atoms with Gasteiger partial charge >= 0.3 is 0 Å². The molecule has 1 saturated carbocycles. The van der Waals surface area contributed by atoms with E-state index in [-0.39, 0.29) is 5.41 Å². The van der Waals surface area contributed by atoms with Crippen LogP contribution in [0.5, 0.6) is 0 Å². The van der Waals surface area contributed by atoms with Crippen molar-refractivity contribution in [1.82, 2.24) is 0 Å². The molecule has 1 aliphatic heterocycles. The molecule has 4 atom stereocenters. The Morgan fingerprint density at radius 3 is 2.04 bits per heavy atom. The molecule has 2 rings (SSSR count). The quantitative estimate of drug-likeness (QED) is 0.255. The number of hydrogen-bond donors (Lipinski definition) is 0. The number of unbranched alkanes of at least 4 members (excludes halogenated alkanes) is 5. The maximum Gasteiger partial charge on any atom is 0.288 e. The number of ether oxygens (including phenoxy) is 4. The summed E-state index contributed by atoms with van der Waals surface area (Å²) in [6, 6.07) is 0. The molecule has 25 heavy (non-hydrogen) atoms. The molecule has 0 amide bonds. The van der Waals surface area contributed by atoms with E-state index in [1.54, 1.807) is 21.3 Å². The first-order valence-corrected chi connectivity index (χ1v) is 10.4. The van der Waals surface area contributed by atoms with Gasteiger partial charge in [0, 0.05) is 21.3 Å². The Labute approximate surface area is 154 Å². The van der Waals surface area contributed by atoms with Crippen LogP contribution >= 0.6 is 0 Å². The molecule has 148 valence electrons. The number of epoxide rings is 1. The molecule has 2 fully saturated rings. The zero-order valence-electron chi connectivity index (χ0n) is 17.1. The molecule has 0 aromatic rings. The lowest BCUT2D eigenvalue weighted by Crippen LogP contribution is -2.57. The molecule has 0 spiro atoms. The van der Waals surface area contributed by atoms with Gasteiger partial charge in [-0.25, -0.2) is 0 Å². The van der Waals surface area contributed by atoms with Crippen molar-refractivity contribution in [3.63, 3.8) is 0 Å². The predicted molar refractivity (Wildman–Crippen MR) is 100 cm³/mol. The highest BCUT2D eigenvalue weighted by Gasteiger charge is 2.60. The van der Waals surface area contributed by atoms with Crippen molar-refractivity contribution in [3.8, 4) is 0 Å². The highest BCUT2D eigenvalue weighted by atomic mass is 16.9. The molecule has 2 aliphatic rings. The summed E-state index contributed by atoms with van der Waals surface area (Å²) in [5.74, 6) is -0.436. The van der Waals surface area contributed by atoms with E-state index < -0.39 is 5.97 Å². The van der Waals surface area contributed by atoms with Gasteiger partial charge in [0.15, 0.2) is 0 Å². The van der Waals surface area contributed by atoms with Gasteiger partial charge < -0.3 is 18.9 Å². The number of rotatable bonds is 13. The second-order valence-corrected chi connectivity index (χ2v) is 7.92. The summed E-state index contributed by atoms with van der Waals surface area (Å²) in [4.78, 5) is 0. The molecule has 0 bridgehead atoms. The Bertz CT molecular complexity index is 374. The minimum atomic E-state index is -0.961. The van der Waals surface area contributed by atoms with Gasteiger partial charge in [0.1, 0.15) is 0 Å². The van der Waals surface area contributed by atoms with Crippen LogP contribution in [0.3, 0.4) is 0 Å². The lowest BCUT2D eigenvalue weighted by atomic mass is 9.62. The molecule has 4 heteroatoms. The van der Waals surface area contributed by atoms with Crippen LogP contribution < -0.4 is 0 Å². The Morgan fingerprint density at radius 1 is 0.840 bits per heavy atom. The number of hydrogen-bond acceptors (Lipinski definition) is 4. The van der Waals surface area contributed by atoms with Crippen LogP contribution in [-0.2, 0) is 18.9 Å². The molecule has 1 saturated heterocycles. The fourth-order valence-electron chi connectivity index (χ4n) is 5.28. The van der Waals surface area contributed by atoms with Crippen molar-refractivity contribution in [2.45, 2.75) is 103 Å². The van der Waals surface area contributed by atoms with Crippen LogP contribution in [0.15, 0.2) is 0 Å². The summed E-state index contributed by atoms with van der Waals surface area (Å²) in [7, 11) is 5.16. The molecule has 0 aromatic carbocycles. The van der Waals surface area contributed by atoms with E-state index in [1.165, 1.54) is 51.4 Å². The topological polar surface area (TPSA) is 40.2 Å². The van der Waals surface area contributed by atoms with Crippen LogP contribution in [0.1, 0.15) is 84.5 Å². The average Bonchev–Trinajstić information content (AvgIpc) is 3.43. The molecule has 4 nitrogen and oxygen atoms in total. The second kappa shape index (κ2) is 9.68. The van der Waals surface area contributed by atoms with Crippen LogP contribution in [0.25, 0.3) is 0 Å². The summed E-state index contributed by atoms with van der Waals surface area (Å²) in [5, 5.41) is 0. The Hall–Kier alpha value is -0.160. The van der Waals surface area contributed by atoms with Gasteiger partial charge in [-0.15, -0.1) is 0 Å². The zero-order chi connectivity index (χ0) is 18.3. The minimum Gasteiger partial charge on any atom is -0.370 e. The van der Waals surface area contributed by atoms with Gasteiger partial charge in [0.05, 0.1) is 17.6 Å². The molecular weight excluding hydrogens is 316 g/mol. The van der Waals surface area contributed by atoms with Crippen molar-refractivity contribution in [2.75, 3.05) is 21.3 Å². The van der Waals surface area contributed by atoms with Crippen molar-refractivity contribution in [1.29, 1.82) is 0 Å². The summed E-state index contributed by atoms with van der Waals surface area (Å²) in [5.41, 5.74) is -0.118. The molecular formula is C21H40O4. The van der Waals surface area contributed by atoms with E-state index in [1.807, 2.05) is 0 Å². The molecule has 0 radical (unpaired) electrons. The van der Waals surface area contributed by atoms with Gasteiger partial charge in [-0.05, 0) is 38.0 Å². The third-order valence-corrected chi connectivity index (χ3v) is 6.81. The van der Waals surface area contributed by atoms with Crippen LogP contribution in [0, 0.1) is 11.3 Å². The predicted octanol–water partition coefficient (Wildman–Crippen LogP) is 5.29. The molecule has 1 heterocycles. The Balaban J connectivity index is 2.10. The molecule has 1 aliphatic carbocycles. The highest BCUT2D eigenvalue weighted by molar-refractivity contribution is 5.01. The number of fused-ring (bicyclic) bond motifs is 1. The largest absolute Gasteiger partial charge is 0.370 e. The van der Waals surface area contributed by atoms with Gasteiger partial charge in [-0.3, -0.25) is 0 Å². The normalized spacial score (nSPS) is 28.4. The van der Waals surface area contributed by atoms with E-state index in [9.17, 15) is 0 Å². The Morgan fingerprint density at radius 2 is 1.48 bits per heavy atom. The first-order valence-electron chi connectivity index (χ1n) is 10.4. The molecule has 0 aromatic heterocycles. The van der Waals surface area contributed by atoms with Crippen molar-refractivity contribution in [3.05, 3.63) is 0 Å². The van der Waals surface area contributed by atoms with E-state index in [2.05, 4.69) is 13.8 Å². The standard InChI is InChI=1S/C21H40O4/c1-6-8-9-10-11-12-15-20(7-2,21(22-3,23-4)24-5)17-13-14-18-19(16-17)25-18/h17-19H,6-16H2,1-5H3. The maximum absolute atomic E-state index is 5.91. The Kier molecular flexibility index (Phi) is 8.19. The molecule has 0 N–H and O–H groups in total. The fraction of sp³-hybridized carbons (Fsp3) is 1.00. The third kappa shape index (κ3) is 4.40. The van der Waals surface area contributed by atoms with Crippen LogP contribution in [0.4, 0.5) is 0 Å². The third-order valence-electron chi connectivity index (χ3n) is 6.81. The van der Waals surface area contributed by atoms with Crippen LogP contribution in [-0.4, -0.2) is 39.5 Å². The highest BCUT2D eigenvalue weighted by Crippen LogP contribution is 2.56. The fourth-order valence-corrected chi connectivity index (χ4v) is 5.28. The van der Waals surface area contributed by atoms with E-state index in [0.29, 0.717) is 18.1 Å². The first-order chi connectivity index (χ1) is 12.1. The lowest BCUT2D eigenvalue weighted by molar-refractivity contribution is -0.419. The van der Waals surface area contributed by atoms with E-state index in [0.717, 1.165) is 19.3 Å². The maximum atomic E-state index is 5.91. The second-order valence-electron chi connectivity index (χ2n) is 7.92. The van der Waals surface area contributed by atoms with Gasteiger partial charge in [-0.1, -0.05) is 52.4 Å². The van der Waals surface area contributed by atoms with Gasteiger partial charge in [0.2, 0.25) is 0 Å². The number of methoxy groups -OCH3 is 3. The zero-order valence-corrected chi connectivity index (χ0v) is 17.1. The summed E-state index contributed by atoms with van der Waals surface area (Å²) in [6.45, 7) is 4.53. The SMILES string of the molecule is CCCCCCCCC(CC)(C1CCC2OC2C1)C(OC)(OC)OC. The lowest BCUT2D eigenvalue weighted by Gasteiger charge is -2.51. The smallest absolute Gasteiger partial charge is 0.288 e. The van der Waals surface area contributed by atoms with Gasteiger partial charge in [-0.2, -0.15) is 0 Å². The summed E-state index contributed by atoms with van der Waals surface area (Å²) in [6.07, 6.45) is 14.3. The summed E-state index contributed by atoms with van der Waals surface area (Å²) < 4.78 is 23.5. The van der Waals surface area contributed by atoms with Crippen molar-refractivity contribution in [2.24, 2.45) is 11.3 Å². The minimum absolute atomic E-state index is 0.118. The van der Waals surface area contributed by atoms with Crippen LogP contribution in [0.2, 0.25) is 0 Å². The van der Waals surface area contributed by atoms with E-state index in [4.69, 9.17) is 18.9 Å². The first kappa shape index (κ1) is 21.1. The van der Waals surface area contributed by atoms with E-state index >= 15 is 0 Å². The summed E-state index contributed by atoms with van der Waals surface area (Å²) >= 11 is 0.